The third-order valence-corrected chi connectivity index (χ3v) is 4.87. The number of fused-ring (bicyclic) bond motifs is 1. The van der Waals surface area contributed by atoms with Crippen molar-refractivity contribution in [1.29, 1.82) is 0 Å². The van der Waals surface area contributed by atoms with Gasteiger partial charge in [0.2, 0.25) is 0 Å². The lowest BCUT2D eigenvalue weighted by molar-refractivity contribution is 0.289. The molecule has 0 spiro atoms. The third kappa shape index (κ3) is 2.01. The number of hydrogen-bond acceptors (Lipinski definition) is 2. The van der Waals surface area contributed by atoms with Crippen LogP contribution in [0.25, 0.3) is 10.9 Å². The minimum Gasteiger partial charge on any atom is -0.496 e. The maximum atomic E-state index is 6.18. The van der Waals surface area contributed by atoms with Crippen LogP contribution in [0.1, 0.15) is 43.4 Å². The second kappa shape index (κ2) is 5.13. The Morgan fingerprint density at radius 1 is 1.25 bits per heavy atom. The molecule has 1 saturated carbocycles. The lowest BCUT2D eigenvalue weighted by Gasteiger charge is -2.37. The predicted molar refractivity (Wildman–Crippen MR) is 83.4 cm³/mol. The van der Waals surface area contributed by atoms with E-state index in [1.807, 2.05) is 0 Å². The van der Waals surface area contributed by atoms with Crippen LogP contribution in [0.15, 0.2) is 18.2 Å². The van der Waals surface area contributed by atoms with Gasteiger partial charge in [0.1, 0.15) is 5.75 Å². The van der Waals surface area contributed by atoms with Crippen LogP contribution in [0.4, 0.5) is 0 Å². The first-order valence-corrected chi connectivity index (χ1v) is 7.57. The summed E-state index contributed by atoms with van der Waals surface area (Å²) in [4.78, 5) is 3.38. The van der Waals surface area contributed by atoms with Gasteiger partial charge in [-0.25, -0.2) is 0 Å². The Balaban J connectivity index is 2.18. The first kappa shape index (κ1) is 13.5. The van der Waals surface area contributed by atoms with Gasteiger partial charge < -0.3 is 15.5 Å². The smallest absolute Gasteiger partial charge is 0.132 e. The zero-order valence-corrected chi connectivity index (χ0v) is 12.5. The number of benzene rings is 1. The number of H-pyrrole nitrogens is 1. The van der Waals surface area contributed by atoms with Gasteiger partial charge in [-0.1, -0.05) is 25.3 Å². The summed E-state index contributed by atoms with van der Waals surface area (Å²) in [5.41, 5.74) is 9.89. The van der Waals surface area contributed by atoms with Gasteiger partial charge in [-0.3, -0.25) is 0 Å². The fourth-order valence-electron chi connectivity index (χ4n) is 3.77. The predicted octanol–water partition coefficient (Wildman–Crippen LogP) is 3.65. The largest absolute Gasteiger partial charge is 0.496 e. The van der Waals surface area contributed by atoms with E-state index in [1.54, 1.807) is 7.11 Å². The van der Waals surface area contributed by atoms with Crippen LogP contribution in [0.2, 0.25) is 0 Å². The van der Waals surface area contributed by atoms with Crippen LogP contribution in [0.5, 0.6) is 5.75 Å². The zero-order chi connectivity index (χ0) is 14.2. The molecule has 1 heterocycles. The maximum Gasteiger partial charge on any atom is 0.132 e. The molecule has 20 heavy (non-hydrogen) atoms. The fourth-order valence-corrected chi connectivity index (χ4v) is 3.77. The number of methoxy groups -OCH3 is 1. The van der Waals surface area contributed by atoms with E-state index < -0.39 is 0 Å². The molecule has 0 atom stereocenters. The van der Waals surface area contributed by atoms with Gasteiger partial charge in [-0.05, 0) is 31.9 Å². The molecule has 1 aliphatic rings. The third-order valence-electron chi connectivity index (χ3n) is 4.87. The van der Waals surface area contributed by atoms with E-state index in [-0.39, 0.29) is 5.41 Å². The number of rotatable bonds is 3. The Kier molecular flexibility index (Phi) is 3.47. The topological polar surface area (TPSA) is 51.0 Å². The van der Waals surface area contributed by atoms with Gasteiger partial charge >= 0.3 is 0 Å². The van der Waals surface area contributed by atoms with Gasteiger partial charge in [-0.15, -0.1) is 0 Å². The van der Waals surface area contributed by atoms with E-state index in [9.17, 15) is 0 Å². The van der Waals surface area contributed by atoms with Gasteiger partial charge in [0, 0.05) is 34.1 Å². The van der Waals surface area contributed by atoms with Crippen molar-refractivity contribution in [3.05, 3.63) is 29.5 Å². The molecule has 3 N–H and O–H groups in total. The maximum absolute atomic E-state index is 6.18. The average Bonchev–Trinajstić information content (AvgIpc) is 2.87. The summed E-state index contributed by atoms with van der Waals surface area (Å²) in [6, 6.07) is 6.56. The van der Waals surface area contributed by atoms with E-state index >= 15 is 0 Å². The molecule has 3 nitrogen and oxygen atoms in total. The minimum absolute atomic E-state index is 0.100. The molecule has 0 amide bonds. The molecule has 0 unspecified atom stereocenters. The highest BCUT2D eigenvalue weighted by atomic mass is 16.5. The van der Waals surface area contributed by atoms with Crippen LogP contribution in [-0.2, 0) is 5.41 Å². The molecule has 1 aliphatic carbocycles. The summed E-state index contributed by atoms with van der Waals surface area (Å²) >= 11 is 0. The zero-order valence-electron chi connectivity index (χ0n) is 12.5. The molecule has 0 saturated heterocycles. The van der Waals surface area contributed by atoms with Crippen molar-refractivity contribution < 1.29 is 4.74 Å². The summed E-state index contributed by atoms with van der Waals surface area (Å²) < 4.78 is 5.78. The van der Waals surface area contributed by atoms with Gasteiger partial charge in [0.15, 0.2) is 0 Å². The molecular weight excluding hydrogens is 248 g/mol. The first-order chi connectivity index (χ1) is 9.70. The molecule has 1 aromatic carbocycles. The van der Waals surface area contributed by atoms with Crippen molar-refractivity contribution in [2.75, 3.05) is 13.7 Å². The molecule has 1 fully saturated rings. The summed E-state index contributed by atoms with van der Waals surface area (Å²) in [6.45, 7) is 2.79. The first-order valence-electron chi connectivity index (χ1n) is 7.57. The lowest BCUT2D eigenvalue weighted by Crippen LogP contribution is -2.37. The average molecular weight is 272 g/mol. The normalized spacial score (nSPS) is 18.4. The number of nitrogens with two attached hydrogens (primary N) is 1. The Labute approximate surface area is 120 Å². The number of hydrogen-bond donors (Lipinski definition) is 2. The summed E-state index contributed by atoms with van der Waals surface area (Å²) in [7, 11) is 1.77. The Morgan fingerprint density at radius 3 is 2.65 bits per heavy atom. The van der Waals surface area contributed by atoms with Crippen molar-refractivity contribution in [2.45, 2.75) is 44.4 Å². The van der Waals surface area contributed by atoms with Crippen LogP contribution >= 0.6 is 0 Å². The Bertz CT molecular complexity index is 609. The monoisotopic (exact) mass is 272 g/mol. The Hall–Kier alpha value is -1.48. The molecule has 0 radical (unpaired) electrons. The SMILES string of the molecule is COc1c(C2(CN)CCCCC2)ccc2[nH]c(C)cc12. The summed E-state index contributed by atoms with van der Waals surface area (Å²) in [6.07, 6.45) is 6.22. The van der Waals surface area contributed by atoms with Crippen molar-refractivity contribution in [2.24, 2.45) is 5.73 Å². The van der Waals surface area contributed by atoms with E-state index in [0.717, 1.165) is 11.3 Å². The second-order valence-electron chi connectivity index (χ2n) is 6.11. The highest BCUT2D eigenvalue weighted by molar-refractivity contribution is 5.88. The lowest BCUT2D eigenvalue weighted by atomic mass is 9.69. The molecule has 2 aromatic rings. The summed E-state index contributed by atoms with van der Waals surface area (Å²) in [5, 5.41) is 1.18. The van der Waals surface area contributed by atoms with Crippen LogP contribution in [-0.4, -0.2) is 18.6 Å². The number of ether oxygens (including phenoxy) is 1. The standard InChI is InChI=1S/C17H24N2O/c1-12-10-13-15(19-12)7-6-14(16(13)20-2)17(11-18)8-4-3-5-9-17/h6-7,10,19H,3-5,8-9,11,18H2,1-2H3. The van der Waals surface area contributed by atoms with Gasteiger partial charge in [0.25, 0.3) is 0 Å². The second-order valence-corrected chi connectivity index (χ2v) is 6.11. The minimum atomic E-state index is 0.100. The molecule has 0 bridgehead atoms. The van der Waals surface area contributed by atoms with Crippen LogP contribution in [0.3, 0.4) is 0 Å². The molecule has 108 valence electrons. The van der Waals surface area contributed by atoms with E-state index in [4.69, 9.17) is 10.5 Å². The molecule has 0 aliphatic heterocycles. The van der Waals surface area contributed by atoms with E-state index in [0.29, 0.717) is 6.54 Å². The number of aromatic nitrogens is 1. The highest BCUT2D eigenvalue weighted by Crippen LogP contribution is 2.45. The highest BCUT2D eigenvalue weighted by Gasteiger charge is 2.35. The molecule has 3 heteroatoms. The number of aryl methyl sites for hydroxylation is 1. The van der Waals surface area contributed by atoms with Crippen molar-refractivity contribution >= 4 is 10.9 Å². The van der Waals surface area contributed by atoms with Gasteiger partial charge in [0.05, 0.1) is 7.11 Å². The number of nitrogens with one attached hydrogen (secondary N) is 1. The number of aromatic amines is 1. The van der Waals surface area contributed by atoms with Crippen LogP contribution in [0, 0.1) is 6.92 Å². The van der Waals surface area contributed by atoms with Crippen LogP contribution < -0.4 is 10.5 Å². The molecular formula is C17H24N2O. The quantitative estimate of drug-likeness (QED) is 0.896. The van der Waals surface area contributed by atoms with E-state index in [1.165, 1.54) is 48.7 Å². The Morgan fingerprint density at radius 2 is 2.00 bits per heavy atom. The molecule has 1 aromatic heterocycles. The van der Waals surface area contributed by atoms with Crippen molar-refractivity contribution in [3.63, 3.8) is 0 Å². The van der Waals surface area contributed by atoms with E-state index in [2.05, 4.69) is 30.1 Å². The molecule has 3 rings (SSSR count). The summed E-state index contributed by atoms with van der Waals surface area (Å²) in [5.74, 6) is 1.01. The van der Waals surface area contributed by atoms with Crippen molar-refractivity contribution in [1.82, 2.24) is 4.98 Å². The fraction of sp³-hybridized carbons (Fsp3) is 0.529. The van der Waals surface area contributed by atoms with Gasteiger partial charge in [-0.2, -0.15) is 0 Å². The van der Waals surface area contributed by atoms with Crippen molar-refractivity contribution in [3.8, 4) is 5.75 Å².